The number of rotatable bonds is 2. The fourth-order valence-corrected chi connectivity index (χ4v) is 6.24. The molecule has 2 aromatic heterocycles. The van der Waals surface area contributed by atoms with Crippen molar-refractivity contribution in [3.05, 3.63) is 65.3 Å². The fraction of sp³-hybridized carbons (Fsp3) is 0.267. The smallest absolute Gasteiger partial charge is 0.239 e. The lowest BCUT2D eigenvalue weighted by Gasteiger charge is -2.15. The Balaban J connectivity index is 2.01. The van der Waals surface area contributed by atoms with Crippen LogP contribution in [0.3, 0.4) is 0 Å². The van der Waals surface area contributed by atoms with Gasteiger partial charge < -0.3 is 30.5 Å². The van der Waals surface area contributed by atoms with E-state index in [0.717, 1.165) is 16.5 Å². The highest BCUT2D eigenvalue weighted by Crippen LogP contribution is 2.50. The first-order valence-corrected chi connectivity index (χ1v) is 12.5. The molecular weight excluding hydrogens is 484 g/mol. The second-order valence-electron chi connectivity index (χ2n) is 10.8. The minimum atomic E-state index is -0.676. The molecule has 0 amide bonds. The summed E-state index contributed by atoms with van der Waals surface area (Å²) in [7, 11) is 0. The number of hydrogen-bond donors (Lipinski definition) is 4. The van der Waals surface area contributed by atoms with Crippen molar-refractivity contribution in [3.63, 3.8) is 0 Å². The number of phenols is 2. The highest BCUT2D eigenvalue weighted by Gasteiger charge is 2.28. The summed E-state index contributed by atoms with van der Waals surface area (Å²) in [6.07, 6.45) is 0. The van der Waals surface area contributed by atoms with E-state index in [1.165, 1.54) is 0 Å². The van der Waals surface area contributed by atoms with Gasteiger partial charge in [-0.1, -0.05) is 39.8 Å². The van der Waals surface area contributed by atoms with Crippen molar-refractivity contribution in [2.45, 2.75) is 53.4 Å². The monoisotopic (exact) mass is 512 g/mol. The maximum atomic E-state index is 13.1. The third kappa shape index (κ3) is 2.74. The summed E-state index contributed by atoms with van der Waals surface area (Å²) < 4.78 is 12.1. The Labute approximate surface area is 216 Å². The van der Waals surface area contributed by atoms with Gasteiger partial charge in [0.2, 0.25) is 22.6 Å². The quantitative estimate of drug-likeness (QED) is 0.167. The van der Waals surface area contributed by atoms with Gasteiger partial charge in [0, 0.05) is 32.3 Å². The van der Waals surface area contributed by atoms with Crippen molar-refractivity contribution >= 4 is 55.3 Å². The van der Waals surface area contributed by atoms with Crippen LogP contribution in [-0.4, -0.2) is 10.2 Å². The number of aromatic hydroxyl groups is 2. The van der Waals surface area contributed by atoms with E-state index in [0.29, 0.717) is 48.9 Å². The van der Waals surface area contributed by atoms with Crippen LogP contribution in [0.2, 0.25) is 0 Å². The SMILES string of the molecule is Cc1cc2c(C(C)C)c(O)c(O)c3c(N)oc(/c1=c1/c(C)cc4c(C(C)C)c(=O)c(=O)c5c(N)oc1c45)c23. The number of furan rings is 2. The molecule has 0 radical (unpaired) electrons. The van der Waals surface area contributed by atoms with Gasteiger partial charge >= 0.3 is 0 Å². The molecule has 0 fully saturated rings. The Kier molecular flexibility index (Phi) is 4.74. The second kappa shape index (κ2) is 7.54. The molecule has 0 saturated carbocycles. The number of nitrogen functional groups attached to an aromatic ring is 2. The highest BCUT2D eigenvalue weighted by atomic mass is 16.4. The molecule has 0 aliphatic heterocycles. The number of nitrogens with two attached hydrogens (primary N) is 2. The van der Waals surface area contributed by atoms with Gasteiger partial charge in [0.25, 0.3) is 0 Å². The lowest BCUT2D eigenvalue weighted by atomic mass is 9.89. The van der Waals surface area contributed by atoms with E-state index in [-0.39, 0.29) is 45.9 Å². The van der Waals surface area contributed by atoms with Gasteiger partial charge in [0.15, 0.2) is 11.5 Å². The fourth-order valence-electron chi connectivity index (χ4n) is 6.24. The van der Waals surface area contributed by atoms with Crippen LogP contribution in [0.4, 0.5) is 11.8 Å². The Hall–Kier alpha value is -4.46. The van der Waals surface area contributed by atoms with Gasteiger partial charge in [-0.3, -0.25) is 9.59 Å². The van der Waals surface area contributed by atoms with Gasteiger partial charge in [0.1, 0.15) is 11.2 Å². The van der Waals surface area contributed by atoms with Crippen LogP contribution < -0.4 is 22.3 Å². The predicted molar refractivity (Wildman–Crippen MR) is 150 cm³/mol. The number of benzene rings is 4. The van der Waals surface area contributed by atoms with E-state index in [4.69, 9.17) is 20.3 Å². The van der Waals surface area contributed by atoms with Crippen LogP contribution in [0.1, 0.15) is 61.8 Å². The Morgan fingerprint density at radius 1 is 0.658 bits per heavy atom. The van der Waals surface area contributed by atoms with Crippen molar-refractivity contribution in [1.29, 1.82) is 0 Å². The summed E-state index contributed by atoms with van der Waals surface area (Å²) in [5, 5.41) is 25.8. The zero-order valence-electron chi connectivity index (χ0n) is 22.0. The molecule has 194 valence electrons. The minimum Gasteiger partial charge on any atom is -0.504 e. The molecule has 0 spiro atoms. The number of anilines is 2. The molecule has 2 heterocycles. The molecular formula is C30H28N2O6. The molecule has 8 heteroatoms. The maximum absolute atomic E-state index is 13.1. The van der Waals surface area contributed by atoms with Crippen molar-refractivity contribution in [3.8, 4) is 11.5 Å². The van der Waals surface area contributed by atoms with Crippen molar-refractivity contribution in [1.82, 2.24) is 0 Å². The van der Waals surface area contributed by atoms with Gasteiger partial charge in [-0.15, -0.1) is 0 Å². The van der Waals surface area contributed by atoms with E-state index in [2.05, 4.69) is 0 Å². The van der Waals surface area contributed by atoms with Gasteiger partial charge in [-0.2, -0.15) is 0 Å². The van der Waals surface area contributed by atoms with E-state index in [1.54, 1.807) is 0 Å². The molecule has 6 N–H and O–H groups in total. The molecule has 4 aromatic carbocycles. The zero-order valence-corrected chi connectivity index (χ0v) is 22.0. The summed E-state index contributed by atoms with van der Waals surface area (Å²) in [5.74, 6) is -0.967. The molecule has 0 atom stereocenters. The van der Waals surface area contributed by atoms with Crippen molar-refractivity contribution in [2.24, 2.45) is 0 Å². The average molecular weight is 513 g/mol. The molecule has 0 bridgehead atoms. The second-order valence-corrected chi connectivity index (χ2v) is 10.8. The Morgan fingerprint density at radius 2 is 1.11 bits per heavy atom. The van der Waals surface area contributed by atoms with Crippen molar-refractivity contribution in [2.75, 3.05) is 11.5 Å². The first-order chi connectivity index (χ1) is 17.9. The third-order valence-electron chi connectivity index (χ3n) is 7.75. The van der Waals surface area contributed by atoms with Gasteiger partial charge in [0.05, 0.1) is 10.8 Å². The molecule has 0 saturated heterocycles. The molecule has 6 aromatic rings. The molecule has 0 aliphatic rings. The first-order valence-electron chi connectivity index (χ1n) is 12.5. The summed E-state index contributed by atoms with van der Waals surface area (Å²) in [5.41, 5.74) is 14.6. The van der Waals surface area contributed by atoms with Crippen LogP contribution >= 0.6 is 0 Å². The Morgan fingerprint density at radius 3 is 1.61 bits per heavy atom. The summed E-state index contributed by atoms with van der Waals surface area (Å²) >= 11 is 0. The van der Waals surface area contributed by atoms with E-state index in [1.807, 2.05) is 53.7 Å². The van der Waals surface area contributed by atoms with Crippen LogP contribution in [0.15, 0.2) is 30.6 Å². The normalized spacial score (nSPS) is 13.5. The standard InChI is InChI=1S/C30H28N2O6/c1-9(2)15-13-7-11(5)17(27-19(13)21(29(31)37-27)25(35)23(15)33)18-12(6)8-14-16(10(3)4)24(34)26(36)22-20(14)28(18)38-30(22)32/h7-10,33,35H,31-32H2,1-6H3/b18-17-. The van der Waals surface area contributed by atoms with Gasteiger partial charge in [-0.25, -0.2) is 0 Å². The Bertz CT molecular complexity index is 2190. The summed E-state index contributed by atoms with van der Waals surface area (Å²) in [4.78, 5) is 26.1. The van der Waals surface area contributed by atoms with Crippen LogP contribution in [0.5, 0.6) is 11.5 Å². The van der Waals surface area contributed by atoms with Crippen molar-refractivity contribution < 1.29 is 19.0 Å². The first kappa shape index (κ1) is 23.9. The van der Waals surface area contributed by atoms with Crippen LogP contribution in [-0.2, 0) is 0 Å². The molecule has 38 heavy (non-hydrogen) atoms. The number of aryl methyl sites for hydroxylation is 2. The maximum Gasteiger partial charge on any atom is 0.239 e. The largest absolute Gasteiger partial charge is 0.504 e. The van der Waals surface area contributed by atoms with E-state index in [9.17, 15) is 19.8 Å². The lowest BCUT2D eigenvalue weighted by Crippen LogP contribution is -2.28. The summed E-state index contributed by atoms with van der Waals surface area (Å²) in [6, 6.07) is 3.83. The van der Waals surface area contributed by atoms with Gasteiger partial charge in [-0.05, 0) is 47.6 Å². The zero-order chi connectivity index (χ0) is 27.5. The average Bonchev–Trinajstić information content (AvgIpc) is 3.34. The lowest BCUT2D eigenvalue weighted by molar-refractivity contribution is 0.402. The topological polar surface area (TPSA) is 153 Å². The highest BCUT2D eigenvalue weighted by molar-refractivity contribution is 6.18. The molecule has 8 nitrogen and oxygen atoms in total. The van der Waals surface area contributed by atoms with E-state index < -0.39 is 10.9 Å². The summed E-state index contributed by atoms with van der Waals surface area (Å²) in [6.45, 7) is 11.4. The number of phenolic OH excluding ortho intramolecular Hbond substituents is 2. The number of hydrogen-bond acceptors (Lipinski definition) is 8. The van der Waals surface area contributed by atoms with Crippen LogP contribution in [0, 0.1) is 24.3 Å². The third-order valence-corrected chi connectivity index (χ3v) is 7.75. The molecule has 6 rings (SSSR count). The minimum absolute atomic E-state index is 0.0255. The van der Waals surface area contributed by atoms with Crippen LogP contribution in [0.25, 0.3) is 43.5 Å². The molecule has 0 unspecified atom stereocenters. The molecule has 0 aliphatic carbocycles. The van der Waals surface area contributed by atoms with E-state index >= 15 is 0 Å². The predicted octanol–water partition coefficient (Wildman–Crippen LogP) is 5.81.